The number of hydrogen-bond acceptors (Lipinski definition) is 3. The van der Waals surface area contributed by atoms with Gasteiger partial charge >= 0.3 is 0 Å². The van der Waals surface area contributed by atoms with Crippen LogP contribution in [0.25, 0.3) is 5.69 Å². The van der Waals surface area contributed by atoms with E-state index in [1.165, 1.54) is 12.1 Å². The Morgan fingerprint density at radius 3 is 2.76 bits per heavy atom. The normalized spacial score (nSPS) is 16.4. The Labute approximate surface area is 124 Å². The van der Waals surface area contributed by atoms with Crippen molar-refractivity contribution < 1.29 is 4.39 Å². The Morgan fingerprint density at radius 1 is 1.33 bits per heavy atom. The molecule has 3 rings (SSSR count). The van der Waals surface area contributed by atoms with E-state index >= 15 is 0 Å². The fourth-order valence-corrected chi connectivity index (χ4v) is 2.93. The average molecular weight is 288 g/mol. The topological polar surface area (TPSA) is 47.1 Å². The lowest BCUT2D eigenvalue weighted by Crippen LogP contribution is -2.39. The minimum atomic E-state index is -0.240. The van der Waals surface area contributed by atoms with E-state index in [9.17, 15) is 4.39 Å². The first-order valence-electron chi connectivity index (χ1n) is 7.52. The van der Waals surface area contributed by atoms with Gasteiger partial charge in [0.1, 0.15) is 5.82 Å². The molecule has 0 saturated carbocycles. The number of halogens is 1. The Kier molecular flexibility index (Phi) is 3.92. The average Bonchev–Trinajstić information content (AvgIpc) is 2.92. The van der Waals surface area contributed by atoms with Crippen molar-refractivity contribution in [2.45, 2.75) is 32.2 Å². The maximum Gasteiger partial charge on any atom is 0.125 e. The summed E-state index contributed by atoms with van der Waals surface area (Å²) >= 11 is 0. The van der Waals surface area contributed by atoms with Gasteiger partial charge in [-0.15, -0.1) is 0 Å². The molecule has 2 N–H and O–H groups in total. The molecule has 21 heavy (non-hydrogen) atoms. The molecule has 0 amide bonds. The maximum atomic E-state index is 13.4. The van der Waals surface area contributed by atoms with Gasteiger partial charge in [-0.3, -0.25) is 0 Å². The van der Waals surface area contributed by atoms with Gasteiger partial charge in [0.15, 0.2) is 0 Å². The van der Waals surface area contributed by atoms with Crippen LogP contribution in [0.1, 0.15) is 25.5 Å². The van der Waals surface area contributed by atoms with Gasteiger partial charge < -0.3 is 10.6 Å². The summed E-state index contributed by atoms with van der Waals surface area (Å²) in [6.07, 6.45) is 4.76. The van der Waals surface area contributed by atoms with E-state index in [4.69, 9.17) is 5.73 Å². The number of piperidine rings is 1. The molecule has 1 aromatic heterocycles. The van der Waals surface area contributed by atoms with Gasteiger partial charge in [-0.25, -0.2) is 9.07 Å². The Morgan fingerprint density at radius 2 is 2.10 bits per heavy atom. The summed E-state index contributed by atoms with van der Waals surface area (Å²) in [7, 11) is 0. The van der Waals surface area contributed by atoms with Crippen molar-refractivity contribution in [3.63, 3.8) is 0 Å². The van der Waals surface area contributed by atoms with Crippen LogP contribution in [0, 0.1) is 5.82 Å². The third-order valence-electron chi connectivity index (χ3n) is 4.11. The predicted molar refractivity (Wildman–Crippen MR) is 82.3 cm³/mol. The molecule has 1 saturated heterocycles. The molecule has 0 radical (unpaired) electrons. The van der Waals surface area contributed by atoms with Crippen molar-refractivity contribution in [3.8, 4) is 5.69 Å². The van der Waals surface area contributed by atoms with Crippen molar-refractivity contribution in [1.82, 2.24) is 9.78 Å². The highest BCUT2D eigenvalue weighted by molar-refractivity contribution is 5.53. The quantitative estimate of drug-likeness (QED) is 0.944. The van der Waals surface area contributed by atoms with Crippen molar-refractivity contribution in [2.75, 3.05) is 18.0 Å². The Bertz CT molecular complexity index is 614. The fourth-order valence-electron chi connectivity index (χ4n) is 2.93. The second-order valence-electron chi connectivity index (χ2n) is 5.55. The summed E-state index contributed by atoms with van der Waals surface area (Å²) < 4.78 is 15.3. The zero-order valence-corrected chi connectivity index (χ0v) is 12.3. The molecule has 2 aromatic rings. The largest absolute Gasteiger partial charge is 0.369 e. The highest BCUT2D eigenvalue weighted by Gasteiger charge is 2.21. The van der Waals surface area contributed by atoms with Crippen LogP contribution >= 0.6 is 0 Å². The number of anilines is 1. The minimum Gasteiger partial charge on any atom is -0.369 e. The fraction of sp³-hybridized carbons (Fsp3) is 0.438. The molecule has 1 aliphatic heterocycles. The first kappa shape index (κ1) is 14.1. The molecule has 0 spiro atoms. The van der Waals surface area contributed by atoms with E-state index in [0.717, 1.165) is 49.4 Å². The van der Waals surface area contributed by atoms with Crippen LogP contribution in [0.2, 0.25) is 0 Å². The van der Waals surface area contributed by atoms with E-state index in [-0.39, 0.29) is 5.82 Å². The molecule has 1 fully saturated rings. The van der Waals surface area contributed by atoms with Gasteiger partial charge in [-0.2, -0.15) is 5.10 Å². The highest BCUT2D eigenvalue weighted by Crippen LogP contribution is 2.26. The van der Waals surface area contributed by atoms with Crippen LogP contribution < -0.4 is 10.6 Å². The third kappa shape index (κ3) is 2.78. The van der Waals surface area contributed by atoms with Gasteiger partial charge in [-0.05, 0) is 37.5 Å². The lowest BCUT2D eigenvalue weighted by atomic mass is 10.1. The number of aromatic nitrogens is 2. The van der Waals surface area contributed by atoms with Crippen molar-refractivity contribution >= 4 is 5.69 Å². The van der Waals surface area contributed by atoms with Crippen LogP contribution in [0.15, 0.2) is 30.5 Å². The molecule has 5 heteroatoms. The summed E-state index contributed by atoms with van der Waals surface area (Å²) in [5.41, 5.74) is 9.01. The lowest BCUT2D eigenvalue weighted by molar-refractivity contribution is 0.500. The standard InChI is InChI=1S/C16H21FN4/c1-2-15-16(20-8-6-13(18)7-9-20)11-19-21(15)14-5-3-4-12(17)10-14/h3-5,10-11,13H,2,6-9,18H2,1H3. The monoisotopic (exact) mass is 288 g/mol. The van der Waals surface area contributed by atoms with Crippen molar-refractivity contribution in [2.24, 2.45) is 5.73 Å². The molecule has 112 valence electrons. The lowest BCUT2D eigenvalue weighted by Gasteiger charge is -2.31. The summed E-state index contributed by atoms with van der Waals surface area (Å²) in [5.74, 6) is -0.240. The molecule has 0 atom stereocenters. The first-order valence-corrected chi connectivity index (χ1v) is 7.52. The van der Waals surface area contributed by atoms with Gasteiger partial charge in [0.25, 0.3) is 0 Å². The molecule has 4 nitrogen and oxygen atoms in total. The third-order valence-corrected chi connectivity index (χ3v) is 4.11. The number of benzene rings is 1. The van der Waals surface area contributed by atoms with Crippen LogP contribution in [0.5, 0.6) is 0 Å². The molecular formula is C16H21FN4. The molecule has 0 aliphatic carbocycles. The van der Waals surface area contributed by atoms with Gasteiger partial charge in [0.05, 0.1) is 23.3 Å². The second kappa shape index (κ2) is 5.85. The second-order valence-corrected chi connectivity index (χ2v) is 5.55. The summed E-state index contributed by atoms with van der Waals surface area (Å²) in [4.78, 5) is 2.34. The SMILES string of the molecule is CCc1c(N2CCC(N)CC2)cnn1-c1cccc(F)c1. The van der Waals surface area contributed by atoms with E-state index in [2.05, 4.69) is 16.9 Å². The number of nitrogens with two attached hydrogens (primary N) is 1. The van der Waals surface area contributed by atoms with Gasteiger partial charge in [0.2, 0.25) is 0 Å². The van der Waals surface area contributed by atoms with Crippen LogP contribution in [0.4, 0.5) is 10.1 Å². The maximum absolute atomic E-state index is 13.4. The molecule has 2 heterocycles. The van der Waals surface area contributed by atoms with Gasteiger partial charge in [0, 0.05) is 19.1 Å². The van der Waals surface area contributed by atoms with E-state index in [0.29, 0.717) is 6.04 Å². The van der Waals surface area contributed by atoms with Crippen LogP contribution in [-0.4, -0.2) is 28.9 Å². The highest BCUT2D eigenvalue weighted by atomic mass is 19.1. The Hall–Kier alpha value is -1.88. The number of rotatable bonds is 3. The summed E-state index contributed by atoms with van der Waals surface area (Å²) in [6, 6.07) is 6.87. The van der Waals surface area contributed by atoms with Gasteiger partial charge in [-0.1, -0.05) is 13.0 Å². The molecular weight excluding hydrogens is 267 g/mol. The first-order chi connectivity index (χ1) is 10.2. The Balaban J connectivity index is 1.93. The van der Waals surface area contributed by atoms with Crippen molar-refractivity contribution in [1.29, 1.82) is 0 Å². The van der Waals surface area contributed by atoms with E-state index < -0.39 is 0 Å². The number of nitrogens with zero attached hydrogens (tertiary/aromatic N) is 3. The number of hydrogen-bond donors (Lipinski definition) is 1. The zero-order valence-electron chi connectivity index (χ0n) is 12.3. The smallest absolute Gasteiger partial charge is 0.125 e. The van der Waals surface area contributed by atoms with E-state index in [1.807, 2.05) is 16.9 Å². The van der Waals surface area contributed by atoms with Crippen LogP contribution in [0.3, 0.4) is 0 Å². The summed E-state index contributed by atoms with van der Waals surface area (Å²) in [6.45, 7) is 4.03. The van der Waals surface area contributed by atoms with E-state index in [1.54, 1.807) is 6.07 Å². The summed E-state index contributed by atoms with van der Waals surface area (Å²) in [5, 5.41) is 4.47. The minimum absolute atomic E-state index is 0.240. The zero-order chi connectivity index (χ0) is 14.8. The van der Waals surface area contributed by atoms with Crippen molar-refractivity contribution in [3.05, 3.63) is 42.0 Å². The van der Waals surface area contributed by atoms with Crippen LogP contribution in [-0.2, 0) is 6.42 Å². The molecule has 1 aliphatic rings. The molecule has 1 aromatic carbocycles. The predicted octanol–water partition coefficient (Wildman–Crippen LogP) is 2.50. The molecule has 0 unspecified atom stereocenters. The molecule has 0 bridgehead atoms.